The van der Waals surface area contributed by atoms with Crippen LogP contribution in [0.1, 0.15) is 5.56 Å². The molecule has 1 nitrogen and oxygen atoms in total. The number of hydrogen-bond donors (Lipinski definition) is 0. The number of nitrogens with zero attached hydrogens (tertiary/aromatic N) is 1. The summed E-state index contributed by atoms with van der Waals surface area (Å²) in [6.07, 6.45) is 1.98. The van der Waals surface area contributed by atoms with E-state index in [2.05, 4.69) is 51.0 Å². The molecule has 1 rings (SSSR count). The summed E-state index contributed by atoms with van der Waals surface area (Å²) >= 11 is 0. The molecule has 0 bridgehead atoms. The molecule has 0 aliphatic carbocycles. The Morgan fingerprint density at radius 1 is 1.21 bits per heavy atom. The third kappa shape index (κ3) is 4.97. The topological polar surface area (TPSA) is 0 Å². The predicted octanol–water partition coefficient (Wildman–Crippen LogP) is -0.547. The molecule has 0 aromatic heterocycles. The Morgan fingerprint density at radius 3 is 2.29 bits per heavy atom. The van der Waals surface area contributed by atoms with Gasteiger partial charge in [0.25, 0.3) is 0 Å². The van der Waals surface area contributed by atoms with E-state index in [1.165, 1.54) is 5.56 Å². The summed E-state index contributed by atoms with van der Waals surface area (Å²) in [5.74, 6) is 0. The molecule has 0 saturated heterocycles. The van der Waals surface area contributed by atoms with Gasteiger partial charge in [-0.3, -0.25) is 0 Å². The minimum absolute atomic E-state index is 0. The maximum Gasteiger partial charge on any atom is 1.00 e. The first kappa shape index (κ1) is 13.9. The van der Waals surface area contributed by atoms with Crippen molar-refractivity contribution in [2.45, 2.75) is 6.54 Å². The van der Waals surface area contributed by atoms with Crippen LogP contribution in [0.15, 0.2) is 43.0 Å². The van der Waals surface area contributed by atoms with Crippen LogP contribution in [0.25, 0.3) is 0 Å². The second-order valence-corrected chi connectivity index (χ2v) is 4.05. The van der Waals surface area contributed by atoms with Crippen molar-refractivity contribution in [3.05, 3.63) is 48.6 Å². The quantitative estimate of drug-likeness (QED) is 0.347. The molecular formula is C12H18NNa+2. The van der Waals surface area contributed by atoms with Crippen molar-refractivity contribution in [1.82, 2.24) is 0 Å². The van der Waals surface area contributed by atoms with Crippen molar-refractivity contribution in [2.24, 2.45) is 0 Å². The zero-order chi connectivity index (χ0) is 9.73. The van der Waals surface area contributed by atoms with Gasteiger partial charge in [0.15, 0.2) is 0 Å². The number of quaternary nitrogens is 1. The molecular weight excluding hydrogens is 181 g/mol. The monoisotopic (exact) mass is 199 g/mol. The summed E-state index contributed by atoms with van der Waals surface area (Å²) in [4.78, 5) is 0. The molecule has 0 N–H and O–H groups in total. The van der Waals surface area contributed by atoms with E-state index in [-0.39, 0.29) is 29.6 Å². The molecule has 0 saturated carbocycles. The predicted molar refractivity (Wildman–Crippen MR) is 57.3 cm³/mol. The van der Waals surface area contributed by atoms with Crippen LogP contribution in [0.3, 0.4) is 0 Å². The minimum Gasteiger partial charge on any atom is -0.321 e. The standard InChI is InChI=1S/C12H18N.Na/c1-4-10-13(2,3)11-12-8-6-5-7-9-12;/h4-9H,1,10-11H2,2-3H3;/q2*+1. The van der Waals surface area contributed by atoms with E-state index in [1.807, 2.05) is 6.08 Å². The van der Waals surface area contributed by atoms with E-state index in [4.69, 9.17) is 0 Å². The zero-order valence-corrected chi connectivity index (χ0v) is 11.5. The molecule has 0 amide bonds. The van der Waals surface area contributed by atoms with Crippen LogP contribution >= 0.6 is 0 Å². The van der Waals surface area contributed by atoms with Crippen LogP contribution in [-0.2, 0) is 6.54 Å². The van der Waals surface area contributed by atoms with Gasteiger partial charge >= 0.3 is 29.6 Å². The summed E-state index contributed by atoms with van der Waals surface area (Å²) in [5, 5.41) is 0. The number of hydrogen-bond acceptors (Lipinski definition) is 0. The number of rotatable bonds is 4. The van der Waals surface area contributed by atoms with E-state index < -0.39 is 0 Å². The Labute approximate surface area is 109 Å². The van der Waals surface area contributed by atoms with Crippen LogP contribution in [0.4, 0.5) is 0 Å². The van der Waals surface area contributed by atoms with Crippen LogP contribution < -0.4 is 29.6 Å². The van der Waals surface area contributed by atoms with Crippen molar-refractivity contribution in [1.29, 1.82) is 0 Å². The molecule has 70 valence electrons. The second-order valence-electron chi connectivity index (χ2n) is 4.05. The Kier molecular flexibility index (Phi) is 6.38. The smallest absolute Gasteiger partial charge is 0.321 e. The summed E-state index contributed by atoms with van der Waals surface area (Å²) in [5.41, 5.74) is 1.38. The first-order valence-corrected chi connectivity index (χ1v) is 4.61. The molecule has 1 aromatic rings. The molecule has 0 aliphatic rings. The van der Waals surface area contributed by atoms with Gasteiger partial charge in [0, 0.05) is 5.56 Å². The summed E-state index contributed by atoms with van der Waals surface area (Å²) in [6.45, 7) is 5.84. The molecule has 0 spiro atoms. The van der Waals surface area contributed by atoms with Gasteiger partial charge in [0.05, 0.1) is 20.6 Å². The summed E-state index contributed by atoms with van der Waals surface area (Å²) in [6, 6.07) is 10.6. The second kappa shape index (κ2) is 6.41. The van der Waals surface area contributed by atoms with Gasteiger partial charge in [0.2, 0.25) is 0 Å². The fourth-order valence-electron chi connectivity index (χ4n) is 1.49. The van der Waals surface area contributed by atoms with Gasteiger partial charge in [-0.05, 0) is 6.08 Å². The average molecular weight is 199 g/mol. The van der Waals surface area contributed by atoms with Gasteiger partial charge in [-0.2, -0.15) is 0 Å². The van der Waals surface area contributed by atoms with E-state index >= 15 is 0 Å². The largest absolute Gasteiger partial charge is 1.00 e. The van der Waals surface area contributed by atoms with Crippen LogP contribution in [0.2, 0.25) is 0 Å². The summed E-state index contributed by atoms with van der Waals surface area (Å²) < 4.78 is 0.966. The van der Waals surface area contributed by atoms with Gasteiger partial charge in [0.1, 0.15) is 6.54 Å². The molecule has 0 fully saturated rings. The first-order chi connectivity index (χ1) is 6.14. The fraction of sp³-hybridized carbons (Fsp3) is 0.333. The maximum absolute atomic E-state index is 3.77. The van der Waals surface area contributed by atoms with Gasteiger partial charge < -0.3 is 4.48 Å². The van der Waals surface area contributed by atoms with Crippen molar-refractivity contribution in [2.75, 3.05) is 20.6 Å². The van der Waals surface area contributed by atoms with Crippen LogP contribution in [0, 0.1) is 0 Å². The molecule has 0 heterocycles. The SMILES string of the molecule is C=CC[N+](C)(C)Cc1ccccc1.[Na+]. The molecule has 0 unspecified atom stereocenters. The van der Waals surface area contributed by atoms with Gasteiger partial charge in [-0.1, -0.05) is 36.9 Å². The Morgan fingerprint density at radius 2 is 1.79 bits per heavy atom. The number of likely N-dealkylation sites (N-methyl/N-ethyl adjacent to an activating group) is 1. The van der Waals surface area contributed by atoms with Crippen molar-refractivity contribution in [3.8, 4) is 0 Å². The number of benzene rings is 1. The molecule has 2 heteroatoms. The van der Waals surface area contributed by atoms with E-state index in [1.54, 1.807) is 0 Å². The van der Waals surface area contributed by atoms with Gasteiger partial charge in [-0.15, -0.1) is 0 Å². The molecule has 1 aromatic carbocycles. The third-order valence-electron chi connectivity index (χ3n) is 2.08. The maximum atomic E-state index is 3.77. The normalized spacial score (nSPS) is 10.4. The summed E-state index contributed by atoms with van der Waals surface area (Å²) in [7, 11) is 4.43. The fourth-order valence-corrected chi connectivity index (χ4v) is 1.49. The van der Waals surface area contributed by atoms with Crippen LogP contribution in [0.5, 0.6) is 0 Å². The Bertz CT molecular complexity index is 267. The Balaban J connectivity index is 0.00000169. The first-order valence-electron chi connectivity index (χ1n) is 4.61. The molecule has 0 atom stereocenters. The van der Waals surface area contributed by atoms with E-state index in [0.717, 1.165) is 17.6 Å². The zero-order valence-electron chi connectivity index (χ0n) is 9.53. The van der Waals surface area contributed by atoms with E-state index in [0.29, 0.717) is 0 Å². The third-order valence-corrected chi connectivity index (χ3v) is 2.08. The van der Waals surface area contributed by atoms with Crippen molar-refractivity contribution < 1.29 is 34.0 Å². The average Bonchev–Trinajstić information content (AvgIpc) is 2.04. The molecule has 0 aliphatic heterocycles. The Hall–Kier alpha value is -0.0800. The van der Waals surface area contributed by atoms with Gasteiger partial charge in [-0.25, -0.2) is 0 Å². The molecule has 14 heavy (non-hydrogen) atoms. The van der Waals surface area contributed by atoms with E-state index in [9.17, 15) is 0 Å². The van der Waals surface area contributed by atoms with Crippen molar-refractivity contribution in [3.63, 3.8) is 0 Å². The van der Waals surface area contributed by atoms with Crippen molar-refractivity contribution >= 4 is 0 Å². The van der Waals surface area contributed by atoms with Crippen LogP contribution in [-0.4, -0.2) is 25.1 Å². The minimum atomic E-state index is 0. The molecule has 0 radical (unpaired) electrons.